The standard InChI is InChI=1S/C15H28N2O2Si/c1-15(2,3)20(4,5)19-13-8-6-7-12(13)17-10-9-16-11-14(17)18/h6,8,12-13,16H,7,9-11H2,1-5H3/t12-,13+/m0/s1. The molecule has 1 N–H and O–H groups in total. The Labute approximate surface area is 123 Å². The van der Waals surface area contributed by atoms with Gasteiger partial charge in [-0.3, -0.25) is 4.79 Å². The number of hydrogen-bond acceptors (Lipinski definition) is 3. The molecule has 0 unspecified atom stereocenters. The van der Waals surface area contributed by atoms with Crippen molar-refractivity contribution in [2.75, 3.05) is 19.6 Å². The summed E-state index contributed by atoms with van der Waals surface area (Å²) in [6, 6.07) is 0.193. The summed E-state index contributed by atoms with van der Waals surface area (Å²) < 4.78 is 6.52. The maximum absolute atomic E-state index is 12.1. The largest absolute Gasteiger partial charge is 0.408 e. The minimum Gasteiger partial charge on any atom is -0.408 e. The van der Waals surface area contributed by atoms with Gasteiger partial charge in [0.25, 0.3) is 0 Å². The van der Waals surface area contributed by atoms with Gasteiger partial charge in [0.1, 0.15) is 0 Å². The lowest BCUT2D eigenvalue weighted by Gasteiger charge is -2.42. The first-order valence-corrected chi connectivity index (χ1v) is 10.5. The second-order valence-electron chi connectivity index (χ2n) is 7.34. The molecular formula is C15H28N2O2Si. The predicted octanol–water partition coefficient (Wildman–Crippen LogP) is 2.14. The van der Waals surface area contributed by atoms with E-state index in [9.17, 15) is 4.79 Å². The number of amides is 1. The van der Waals surface area contributed by atoms with Crippen molar-refractivity contribution in [2.24, 2.45) is 0 Å². The first kappa shape index (κ1) is 15.7. The molecule has 2 atom stereocenters. The molecule has 20 heavy (non-hydrogen) atoms. The van der Waals surface area contributed by atoms with E-state index >= 15 is 0 Å². The summed E-state index contributed by atoms with van der Waals surface area (Å²) in [7, 11) is -1.80. The minimum atomic E-state index is -1.80. The van der Waals surface area contributed by atoms with E-state index in [2.05, 4.69) is 51.3 Å². The van der Waals surface area contributed by atoms with Crippen LogP contribution >= 0.6 is 0 Å². The SMILES string of the molecule is CC(C)(C)[Si](C)(C)O[C@@H]1C=CC[C@@H]1N1CCNCC1=O. The lowest BCUT2D eigenvalue weighted by molar-refractivity contribution is -0.135. The molecule has 0 aromatic carbocycles. The first-order valence-electron chi connectivity index (χ1n) is 7.57. The molecule has 0 bridgehead atoms. The van der Waals surface area contributed by atoms with Gasteiger partial charge in [-0.1, -0.05) is 32.9 Å². The van der Waals surface area contributed by atoms with E-state index in [1.165, 1.54) is 0 Å². The van der Waals surface area contributed by atoms with E-state index in [0.717, 1.165) is 19.5 Å². The Morgan fingerprint density at radius 3 is 2.70 bits per heavy atom. The molecule has 5 heteroatoms. The Balaban J connectivity index is 2.07. The van der Waals surface area contributed by atoms with Crippen molar-refractivity contribution in [1.29, 1.82) is 0 Å². The van der Waals surface area contributed by atoms with Crippen LogP contribution in [0.2, 0.25) is 18.1 Å². The third-order valence-corrected chi connectivity index (χ3v) is 9.32. The van der Waals surface area contributed by atoms with Crippen molar-refractivity contribution in [3.63, 3.8) is 0 Å². The average Bonchev–Trinajstić information content (AvgIpc) is 2.75. The normalized spacial score (nSPS) is 28.2. The van der Waals surface area contributed by atoms with Crippen molar-refractivity contribution in [3.05, 3.63) is 12.2 Å². The van der Waals surface area contributed by atoms with Gasteiger partial charge >= 0.3 is 0 Å². The summed E-state index contributed by atoms with van der Waals surface area (Å²) >= 11 is 0. The van der Waals surface area contributed by atoms with E-state index in [1.807, 2.05) is 4.90 Å². The fraction of sp³-hybridized carbons (Fsp3) is 0.800. The summed E-state index contributed by atoms with van der Waals surface area (Å²) in [6.45, 7) is 13.4. The fourth-order valence-electron chi connectivity index (χ4n) is 2.53. The molecule has 2 aliphatic rings. The monoisotopic (exact) mass is 296 g/mol. The van der Waals surface area contributed by atoms with Crippen LogP contribution in [-0.4, -0.2) is 50.9 Å². The highest BCUT2D eigenvalue weighted by atomic mass is 28.4. The van der Waals surface area contributed by atoms with Crippen LogP contribution in [-0.2, 0) is 9.22 Å². The molecule has 0 radical (unpaired) electrons. The topological polar surface area (TPSA) is 41.6 Å². The smallest absolute Gasteiger partial charge is 0.236 e. The van der Waals surface area contributed by atoms with E-state index in [1.54, 1.807) is 0 Å². The van der Waals surface area contributed by atoms with Crippen molar-refractivity contribution < 1.29 is 9.22 Å². The quantitative estimate of drug-likeness (QED) is 0.641. The Morgan fingerprint density at radius 2 is 2.10 bits per heavy atom. The highest BCUT2D eigenvalue weighted by Gasteiger charge is 2.42. The first-order chi connectivity index (χ1) is 9.22. The third-order valence-electron chi connectivity index (χ3n) is 4.85. The van der Waals surface area contributed by atoms with Gasteiger partial charge in [0, 0.05) is 13.1 Å². The van der Waals surface area contributed by atoms with Crippen molar-refractivity contribution >= 4 is 14.2 Å². The Bertz CT molecular complexity index is 401. The zero-order chi connectivity index (χ0) is 15.0. The van der Waals surface area contributed by atoms with Gasteiger partial charge in [-0.05, 0) is 24.6 Å². The van der Waals surface area contributed by atoms with Gasteiger partial charge in [0.05, 0.1) is 18.7 Å². The molecule has 1 heterocycles. The minimum absolute atomic E-state index is 0.0675. The maximum atomic E-state index is 12.1. The van der Waals surface area contributed by atoms with Gasteiger partial charge in [0.2, 0.25) is 5.91 Å². The molecule has 4 nitrogen and oxygen atoms in total. The molecule has 1 fully saturated rings. The van der Waals surface area contributed by atoms with E-state index in [0.29, 0.717) is 6.54 Å². The van der Waals surface area contributed by atoms with Crippen molar-refractivity contribution in [2.45, 2.75) is 57.5 Å². The molecule has 0 saturated carbocycles. The highest BCUT2D eigenvalue weighted by Crippen LogP contribution is 2.39. The van der Waals surface area contributed by atoms with E-state index in [-0.39, 0.29) is 23.1 Å². The molecule has 0 spiro atoms. The molecule has 0 aromatic heterocycles. The van der Waals surface area contributed by atoms with Gasteiger partial charge in [-0.25, -0.2) is 0 Å². The second-order valence-corrected chi connectivity index (χ2v) is 12.1. The Kier molecular flexibility index (Phi) is 4.42. The van der Waals surface area contributed by atoms with Crippen LogP contribution in [0, 0.1) is 0 Å². The summed E-state index contributed by atoms with van der Waals surface area (Å²) in [5.74, 6) is 0.203. The molecule has 0 aromatic rings. The molecule has 1 amide bonds. The van der Waals surface area contributed by atoms with Crippen LogP contribution in [0.3, 0.4) is 0 Å². The van der Waals surface area contributed by atoms with Crippen LogP contribution in [0.25, 0.3) is 0 Å². The molecule has 1 saturated heterocycles. The van der Waals surface area contributed by atoms with Crippen LogP contribution in [0.4, 0.5) is 0 Å². The number of rotatable bonds is 3. The molecule has 114 valence electrons. The van der Waals surface area contributed by atoms with E-state index in [4.69, 9.17) is 4.43 Å². The van der Waals surface area contributed by atoms with Crippen LogP contribution in [0.5, 0.6) is 0 Å². The number of nitrogens with zero attached hydrogens (tertiary/aromatic N) is 1. The third kappa shape index (κ3) is 3.15. The van der Waals surface area contributed by atoms with Crippen molar-refractivity contribution in [1.82, 2.24) is 10.2 Å². The maximum Gasteiger partial charge on any atom is 0.236 e. The lowest BCUT2D eigenvalue weighted by atomic mass is 10.1. The predicted molar refractivity (Wildman–Crippen MR) is 84.2 cm³/mol. The summed E-state index contributed by atoms with van der Waals surface area (Å²) in [4.78, 5) is 14.1. The molecule has 2 rings (SSSR count). The fourth-order valence-corrected chi connectivity index (χ4v) is 3.80. The van der Waals surface area contributed by atoms with Gasteiger partial charge in [-0.2, -0.15) is 0 Å². The summed E-state index contributed by atoms with van der Waals surface area (Å²) in [5.41, 5.74) is 0. The number of carbonyl (C=O) groups is 1. The van der Waals surface area contributed by atoms with E-state index < -0.39 is 8.32 Å². The van der Waals surface area contributed by atoms with Gasteiger partial charge < -0.3 is 14.6 Å². The second kappa shape index (κ2) is 5.62. The number of nitrogens with one attached hydrogen (secondary N) is 1. The van der Waals surface area contributed by atoms with Crippen LogP contribution < -0.4 is 5.32 Å². The zero-order valence-electron chi connectivity index (χ0n) is 13.4. The van der Waals surface area contributed by atoms with Crippen molar-refractivity contribution in [3.8, 4) is 0 Å². The molecule has 1 aliphatic heterocycles. The lowest BCUT2D eigenvalue weighted by Crippen LogP contribution is -2.56. The number of carbonyl (C=O) groups excluding carboxylic acids is 1. The van der Waals surface area contributed by atoms with Gasteiger partial charge in [0.15, 0.2) is 8.32 Å². The number of hydrogen-bond donors (Lipinski definition) is 1. The molecule has 1 aliphatic carbocycles. The molecular weight excluding hydrogens is 268 g/mol. The summed E-state index contributed by atoms with van der Waals surface area (Å²) in [5, 5.41) is 3.33. The number of piperazine rings is 1. The van der Waals surface area contributed by atoms with Crippen LogP contribution in [0.1, 0.15) is 27.2 Å². The Hall–Kier alpha value is -0.653. The Morgan fingerprint density at radius 1 is 1.40 bits per heavy atom. The van der Waals surface area contributed by atoms with Gasteiger partial charge in [-0.15, -0.1) is 0 Å². The zero-order valence-corrected chi connectivity index (χ0v) is 14.4. The average molecular weight is 296 g/mol. The highest BCUT2D eigenvalue weighted by molar-refractivity contribution is 6.74. The summed E-state index contributed by atoms with van der Waals surface area (Å²) in [6.07, 6.45) is 5.31. The van der Waals surface area contributed by atoms with Crippen LogP contribution in [0.15, 0.2) is 12.2 Å².